The van der Waals surface area contributed by atoms with Gasteiger partial charge >= 0.3 is 0 Å². The summed E-state index contributed by atoms with van der Waals surface area (Å²) in [5.41, 5.74) is 10.1. The van der Waals surface area contributed by atoms with Crippen molar-refractivity contribution < 1.29 is 33.9 Å². The Labute approximate surface area is 364 Å². The third kappa shape index (κ3) is 7.76. The number of amides is 5. The highest BCUT2D eigenvalue weighted by Crippen LogP contribution is 2.45. The highest BCUT2D eigenvalue weighted by molar-refractivity contribution is 6.23. The highest BCUT2D eigenvalue weighted by atomic mass is 16.3. The van der Waals surface area contributed by atoms with E-state index >= 15 is 4.79 Å². The number of nitrogens with one attached hydrogen (secondary N) is 2. The van der Waals surface area contributed by atoms with Crippen molar-refractivity contribution in [3.05, 3.63) is 95.6 Å². The van der Waals surface area contributed by atoms with Crippen LogP contribution < -0.4 is 26.2 Å². The first-order chi connectivity index (χ1) is 30.4. The quantitative estimate of drug-likeness (QED) is 0.177. The first-order valence-corrected chi connectivity index (χ1v) is 21.8. The van der Waals surface area contributed by atoms with Gasteiger partial charge in [-0.2, -0.15) is 0 Å². The number of anilines is 3. The first-order valence-electron chi connectivity index (χ1n) is 21.8. The highest BCUT2D eigenvalue weighted by Gasteiger charge is 2.50. The monoisotopic (exact) mass is 853 g/mol. The number of benzene rings is 3. The number of nitrogens with two attached hydrogens (primary N) is 1. The van der Waals surface area contributed by atoms with Gasteiger partial charge in [-0.05, 0) is 86.9 Å². The van der Waals surface area contributed by atoms with Crippen LogP contribution >= 0.6 is 0 Å². The number of aromatic nitrogens is 2. The summed E-state index contributed by atoms with van der Waals surface area (Å²) in [5.74, 6) is -1.99. The van der Waals surface area contributed by atoms with Gasteiger partial charge in [-0.15, -0.1) is 10.2 Å². The van der Waals surface area contributed by atoms with Gasteiger partial charge in [0.1, 0.15) is 11.8 Å². The van der Waals surface area contributed by atoms with Gasteiger partial charge in [0.15, 0.2) is 11.6 Å². The lowest BCUT2D eigenvalue weighted by Crippen LogP contribution is -2.63. The number of fused-ring (bicyclic) bond motifs is 1. The molecule has 6 heterocycles. The van der Waals surface area contributed by atoms with E-state index in [0.717, 1.165) is 21.8 Å². The number of carbonyl (C=O) groups is 6. The molecule has 3 aromatic carbocycles. The number of hydrogen-bond acceptors (Lipinski definition) is 13. The molecule has 5 aliphatic rings. The lowest BCUT2D eigenvalue weighted by Gasteiger charge is -2.55. The molecular weight excluding hydrogens is 803 g/mol. The fourth-order valence-electron chi connectivity index (χ4n) is 10.6. The van der Waals surface area contributed by atoms with Gasteiger partial charge in [0, 0.05) is 69.3 Å². The van der Waals surface area contributed by atoms with Crippen molar-refractivity contribution in [3.8, 4) is 17.0 Å². The largest absolute Gasteiger partial charge is 0.507 e. The van der Waals surface area contributed by atoms with Crippen molar-refractivity contribution in [2.75, 3.05) is 48.3 Å². The van der Waals surface area contributed by atoms with E-state index in [1.54, 1.807) is 36.4 Å². The Morgan fingerprint density at radius 2 is 1.51 bits per heavy atom. The molecule has 0 saturated carbocycles. The summed E-state index contributed by atoms with van der Waals surface area (Å²) < 4.78 is 0. The number of rotatable bonds is 9. The average molecular weight is 854 g/mol. The van der Waals surface area contributed by atoms with Crippen LogP contribution in [0.1, 0.15) is 84.6 Å². The molecule has 16 heteroatoms. The third-order valence-corrected chi connectivity index (χ3v) is 13.8. The van der Waals surface area contributed by atoms with Crippen molar-refractivity contribution in [1.29, 1.82) is 0 Å². The molecule has 326 valence electrons. The number of para-hydroxylation sites is 1. The molecule has 0 radical (unpaired) electrons. The van der Waals surface area contributed by atoms with E-state index in [2.05, 4.69) is 47.7 Å². The minimum Gasteiger partial charge on any atom is -0.507 e. The summed E-state index contributed by atoms with van der Waals surface area (Å²) in [6, 6.07) is 22.7. The summed E-state index contributed by atoms with van der Waals surface area (Å²) in [4.78, 5) is 86.4. The zero-order chi connectivity index (χ0) is 44.0. The minimum absolute atomic E-state index is 0.0461. The molecule has 5 aliphatic heterocycles. The van der Waals surface area contributed by atoms with Crippen LogP contribution in [0.5, 0.6) is 5.75 Å². The number of aromatic hydroxyl groups is 1. The van der Waals surface area contributed by atoms with Gasteiger partial charge in [-0.25, -0.2) is 0 Å². The Balaban J connectivity index is 0.940. The fourth-order valence-corrected chi connectivity index (χ4v) is 10.6. The molecule has 3 atom stereocenters. The summed E-state index contributed by atoms with van der Waals surface area (Å²) in [7, 11) is 0. The summed E-state index contributed by atoms with van der Waals surface area (Å²) >= 11 is 0. The van der Waals surface area contributed by atoms with Crippen LogP contribution in [-0.2, 0) is 24.7 Å². The number of Topliss-reactive ketones (excluding diaryl/α,β-unsaturated/α-hetero) is 1. The van der Waals surface area contributed by atoms with Crippen molar-refractivity contribution in [2.45, 2.75) is 82.0 Å². The van der Waals surface area contributed by atoms with Crippen LogP contribution in [0.4, 0.5) is 17.2 Å². The number of nitrogens with zero attached hydrogens (tertiary/aromatic N) is 6. The maximum atomic E-state index is 15.1. The summed E-state index contributed by atoms with van der Waals surface area (Å²) in [6.07, 6.45) is 3.88. The third-order valence-electron chi connectivity index (χ3n) is 13.8. The molecule has 5 N–H and O–H groups in total. The number of carbonyl (C=O) groups excluding carboxylic acids is 6. The molecular formula is C47H51N9O7. The Kier molecular flexibility index (Phi) is 11.2. The summed E-state index contributed by atoms with van der Waals surface area (Å²) in [5, 5.41) is 24.5. The second-order valence-electron chi connectivity index (χ2n) is 17.4. The first kappa shape index (κ1) is 41.7. The number of phenols is 1. The van der Waals surface area contributed by atoms with Gasteiger partial charge in [0.2, 0.25) is 17.7 Å². The van der Waals surface area contributed by atoms with Gasteiger partial charge < -0.3 is 26.0 Å². The number of likely N-dealkylation sites (tertiary alicyclic amines) is 1. The minimum atomic E-state index is -1.04. The van der Waals surface area contributed by atoms with Crippen molar-refractivity contribution >= 4 is 52.5 Å². The molecule has 0 aliphatic carbocycles. The molecule has 16 nitrogen and oxygen atoms in total. The number of ketones is 1. The topological polar surface area (TPSA) is 211 Å². The SMILES string of the molecule is CC(=O)NC1CCN(C2(c3ccccc3)CCN(c3cc(-c4ccccc4O)nnc3N)CC2)C(C(=O)C2CCN(c3ccc4c(c3)C(=O)N(C3CCC(=O)NC3=O)C4=O)CC2)C1. The van der Waals surface area contributed by atoms with E-state index in [0.29, 0.717) is 88.3 Å². The smallest absolute Gasteiger partial charge is 0.262 e. The van der Waals surface area contributed by atoms with Crippen LogP contribution in [0.15, 0.2) is 78.9 Å². The lowest BCUT2D eigenvalue weighted by molar-refractivity contribution is -0.137. The second-order valence-corrected chi connectivity index (χ2v) is 17.4. The zero-order valence-electron chi connectivity index (χ0n) is 35.2. The number of imide groups is 2. The van der Waals surface area contributed by atoms with Crippen molar-refractivity contribution in [3.63, 3.8) is 0 Å². The number of phenolic OH excluding ortho intramolecular Hbond substituents is 1. The van der Waals surface area contributed by atoms with Crippen LogP contribution in [0.2, 0.25) is 0 Å². The maximum Gasteiger partial charge on any atom is 0.262 e. The van der Waals surface area contributed by atoms with Gasteiger partial charge in [-0.3, -0.25) is 43.9 Å². The van der Waals surface area contributed by atoms with E-state index in [9.17, 15) is 29.1 Å². The Bertz CT molecular complexity index is 2480. The molecule has 4 saturated heterocycles. The van der Waals surface area contributed by atoms with Crippen molar-refractivity contribution in [2.24, 2.45) is 5.92 Å². The van der Waals surface area contributed by atoms with Gasteiger partial charge in [0.05, 0.1) is 34.1 Å². The summed E-state index contributed by atoms with van der Waals surface area (Å²) in [6.45, 7) is 4.48. The Hall–Kier alpha value is -6.68. The van der Waals surface area contributed by atoms with Crippen LogP contribution in [-0.4, -0.2) is 111 Å². The zero-order valence-corrected chi connectivity index (χ0v) is 35.2. The number of piperidine rings is 4. The molecule has 0 bridgehead atoms. The van der Waals surface area contributed by atoms with Crippen LogP contribution in [0, 0.1) is 5.92 Å². The Morgan fingerprint density at radius 1 is 0.794 bits per heavy atom. The van der Waals surface area contributed by atoms with Gasteiger partial charge in [0.25, 0.3) is 11.8 Å². The fraction of sp³-hybridized carbons (Fsp3) is 0.404. The van der Waals surface area contributed by atoms with Crippen LogP contribution in [0.3, 0.4) is 0 Å². The van der Waals surface area contributed by atoms with E-state index in [4.69, 9.17) is 5.73 Å². The predicted octanol–water partition coefficient (Wildman–Crippen LogP) is 3.78. The second kappa shape index (κ2) is 16.9. The van der Waals surface area contributed by atoms with E-state index < -0.39 is 41.3 Å². The van der Waals surface area contributed by atoms with Gasteiger partial charge in [-0.1, -0.05) is 42.5 Å². The molecule has 63 heavy (non-hydrogen) atoms. The molecule has 0 spiro atoms. The predicted molar refractivity (Wildman–Crippen MR) is 234 cm³/mol. The van der Waals surface area contributed by atoms with E-state index in [1.165, 1.54) is 6.92 Å². The number of hydrogen-bond donors (Lipinski definition) is 4. The van der Waals surface area contributed by atoms with E-state index in [-0.39, 0.29) is 53.4 Å². The van der Waals surface area contributed by atoms with Crippen LogP contribution in [0.25, 0.3) is 11.3 Å². The molecule has 4 aromatic rings. The normalized spacial score (nSPS) is 23.1. The molecule has 3 unspecified atom stereocenters. The molecule has 9 rings (SSSR count). The standard InChI is InChI=1S/C47H51N9O7/c1-28(57)49-31-17-22-55(47(30-7-3-2-4-8-30)18-23-54(24-19-47)39-27-36(51-52-43(39)48)34-9-5-6-10-40(34)58)38(25-31)42(60)29-15-20-53(21-16-29)32-11-12-33-35(26-32)46(63)56(45(33)62)37-13-14-41(59)50-44(37)61/h2-12,26-27,29,31,37-38,58H,13-25H2,1H3,(H2,48,52)(H,49,57)(H,50,59,61). The number of nitrogen functional groups attached to an aromatic ring is 1. The molecule has 1 aromatic heterocycles. The lowest BCUT2D eigenvalue weighted by atomic mass is 9.74. The molecule has 4 fully saturated rings. The molecule has 5 amide bonds. The maximum absolute atomic E-state index is 15.1. The van der Waals surface area contributed by atoms with Crippen molar-refractivity contribution in [1.82, 2.24) is 30.6 Å². The van der Waals surface area contributed by atoms with E-state index in [1.807, 2.05) is 30.3 Å². The Morgan fingerprint density at radius 3 is 2.22 bits per heavy atom. The average Bonchev–Trinajstić information content (AvgIpc) is 3.54.